The summed E-state index contributed by atoms with van der Waals surface area (Å²) in [7, 11) is 0. The molecule has 0 N–H and O–H groups in total. The minimum Gasteiger partial charge on any atom is -0.455 e. The van der Waals surface area contributed by atoms with Gasteiger partial charge in [0.15, 0.2) is 0 Å². The minimum atomic E-state index is 0.926. The Morgan fingerprint density at radius 3 is 2.36 bits per heavy atom. The van der Waals surface area contributed by atoms with E-state index in [-0.39, 0.29) is 0 Å². The number of furan rings is 1. The van der Waals surface area contributed by atoms with Crippen molar-refractivity contribution < 1.29 is 4.42 Å². The van der Waals surface area contributed by atoms with E-state index < -0.39 is 0 Å². The minimum absolute atomic E-state index is 0.926. The molecule has 0 saturated carbocycles. The molecule has 154 valence electrons. The lowest BCUT2D eigenvalue weighted by atomic mass is 10.0. The number of fused-ring (bicyclic) bond motifs is 12. The molecule has 0 saturated heterocycles. The topological polar surface area (TPSA) is 31.0 Å². The van der Waals surface area contributed by atoms with E-state index in [9.17, 15) is 0 Å². The third kappa shape index (κ3) is 2.16. The maximum atomic E-state index is 6.59. The quantitative estimate of drug-likeness (QED) is 0.256. The molecule has 4 aromatic heterocycles. The molecule has 0 bridgehead atoms. The average Bonchev–Trinajstić information content (AvgIpc) is 3.54. The highest BCUT2D eigenvalue weighted by atomic mass is 32.1. The maximum Gasteiger partial charge on any atom is 0.145 e. The third-order valence-corrected chi connectivity index (χ3v) is 7.84. The van der Waals surface area contributed by atoms with Crippen LogP contribution in [0.1, 0.15) is 0 Å². The SMILES string of the molecule is c1cncc(-n2c3ccccc3c3c4c5ccccc5oc4c4c5ccccc5sc4c32)c1. The van der Waals surface area contributed by atoms with Crippen LogP contribution in [0.15, 0.2) is 102 Å². The second kappa shape index (κ2) is 6.21. The molecule has 8 rings (SSSR count). The van der Waals surface area contributed by atoms with Gasteiger partial charge < -0.3 is 8.98 Å². The number of rotatable bonds is 1. The third-order valence-electron chi connectivity index (χ3n) is 6.66. The Labute approximate surface area is 192 Å². The van der Waals surface area contributed by atoms with Crippen molar-refractivity contribution in [2.75, 3.05) is 0 Å². The van der Waals surface area contributed by atoms with Crippen LogP contribution in [0.25, 0.3) is 69.6 Å². The van der Waals surface area contributed by atoms with Gasteiger partial charge in [0.2, 0.25) is 0 Å². The molecule has 0 unspecified atom stereocenters. The summed E-state index contributed by atoms with van der Waals surface area (Å²) in [5, 5.41) is 7.26. The van der Waals surface area contributed by atoms with E-state index in [1.165, 1.54) is 47.4 Å². The van der Waals surface area contributed by atoms with Crippen molar-refractivity contribution in [2.45, 2.75) is 0 Å². The van der Waals surface area contributed by atoms with Crippen LogP contribution in [0.5, 0.6) is 0 Å². The van der Waals surface area contributed by atoms with E-state index >= 15 is 0 Å². The molecule has 0 atom stereocenters. The first-order valence-corrected chi connectivity index (χ1v) is 11.8. The van der Waals surface area contributed by atoms with E-state index in [4.69, 9.17) is 4.42 Å². The van der Waals surface area contributed by atoms with Gasteiger partial charge in [0, 0.05) is 43.2 Å². The Hall–Kier alpha value is -4.15. The van der Waals surface area contributed by atoms with Gasteiger partial charge in [0.1, 0.15) is 11.2 Å². The fourth-order valence-electron chi connectivity index (χ4n) is 5.37. The maximum absolute atomic E-state index is 6.59. The summed E-state index contributed by atoms with van der Waals surface area (Å²) < 4.78 is 11.5. The zero-order valence-electron chi connectivity index (χ0n) is 17.4. The van der Waals surface area contributed by atoms with Crippen molar-refractivity contribution in [2.24, 2.45) is 0 Å². The smallest absolute Gasteiger partial charge is 0.145 e. The van der Waals surface area contributed by atoms with Crippen molar-refractivity contribution in [3.63, 3.8) is 0 Å². The van der Waals surface area contributed by atoms with Crippen molar-refractivity contribution in [3.05, 3.63) is 97.3 Å². The molecule has 4 heterocycles. The van der Waals surface area contributed by atoms with Crippen molar-refractivity contribution in [3.8, 4) is 5.69 Å². The molecule has 8 aromatic rings. The standard InChI is InChI=1S/C29H16N2OS/c1-4-12-21-18(9-1)24-25-19-10-2-5-13-22(19)32-28(25)26-20-11-3-6-14-23(20)33-29(26)27(24)31(21)17-8-7-15-30-16-17/h1-16H. The van der Waals surface area contributed by atoms with E-state index in [2.05, 4.69) is 82.3 Å². The van der Waals surface area contributed by atoms with Crippen molar-refractivity contribution in [1.29, 1.82) is 0 Å². The summed E-state index contributed by atoms with van der Waals surface area (Å²) >= 11 is 1.84. The van der Waals surface area contributed by atoms with Crippen LogP contribution in [-0.2, 0) is 0 Å². The normalized spacial score (nSPS) is 12.2. The number of pyridine rings is 1. The molecular weight excluding hydrogens is 424 g/mol. The van der Waals surface area contributed by atoms with Gasteiger partial charge in [-0.15, -0.1) is 11.3 Å². The van der Waals surface area contributed by atoms with E-state index in [1.807, 2.05) is 35.9 Å². The van der Waals surface area contributed by atoms with Crippen LogP contribution >= 0.6 is 11.3 Å². The van der Waals surface area contributed by atoms with Crippen LogP contribution in [0.3, 0.4) is 0 Å². The van der Waals surface area contributed by atoms with Gasteiger partial charge in [-0.05, 0) is 30.3 Å². The number of para-hydroxylation sites is 2. The number of thiophene rings is 1. The van der Waals surface area contributed by atoms with Gasteiger partial charge in [-0.1, -0.05) is 54.6 Å². The van der Waals surface area contributed by atoms with Gasteiger partial charge in [-0.3, -0.25) is 4.98 Å². The van der Waals surface area contributed by atoms with Crippen LogP contribution < -0.4 is 0 Å². The number of nitrogens with zero attached hydrogens (tertiary/aromatic N) is 2. The Bertz CT molecular complexity index is 2030. The first kappa shape index (κ1) is 17.4. The van der Waals surface area contributed by atoms with Gasteiger partial charge in [0.25, 0.3) is 0 Å². The molecule has 0 radical (unpaired) electrons. The summed E-state index contributed by atoms with van der Waals surface area (Å²) in [5.41, 5.74) is 5.37. The molecule has 0 fully saturated rings. The van der Waals surface area contributed by atoms with Gasteiger partial charge >= 0.3 is 0 Å². The fraction of sp³-hybridized carbons (Fsp3) is 0. The van der Waals surface area contributed by atoms with Gasteiger partial charge in [0.05, 0.1) is 27.6 Å². The summed E-state index contributed by atoms with van der Waals surface area (Å²) in [6, 6.07) is 29.8. The Kier molecular flexibility index (Phi) is 3.28. The molecule has 4 heteroatoms. The van der Waals surface area contributed by atoms with Crippen molar-refractivity contribution >= 4 is 75.3 Å². The molecule has 0 aliphatic heterocycles. The second-order valence-corrected chi connectivity index (χ2v) is 9.44. The molecular formula is C29H16N2OS. The molecule has 0 amide bonds. The monoisotopic (exact) mass is 440 g/mol. The molecule has 4 aromatic carbocycles. The van der Waals surface area contributed by atoms with Gasteiger partial charge in [-0.2, -0.15) is 0 Å². The zero-order chi connectivity index (χ0) is 21.5. The Morgan fingerprint density at radius 1 is 0.697 bits per heavy atom. The summed E-state index contributed by atoms with van der Waals surface area (Å²) in [6.45, 7) is 0. The predicted octanol–water partition coefficient (Wildman–Crippen LogP) is 8.45. The first-order chi connectivity index (χ1) is 16.4. The lowest BCUT2D eigenvalue weighted by molar-refractivity contribution is 0.673. The fourth-order valence-corrected chi connectivity index (χ4v) is 6.61. The Morgan fingerprint density at radius 2 is 1.48 bits per heavy atom. The average molecular weight is 441 g/mol. The summed E-state index contributed by atoms with van der Waals surface area (Å²) in [4.78, 5) is 4.44. The number of benzene rings is 4. The molecule has 33 heavy (non-hydrogen) atoms. The van der Waals surface area contributed by atoms with E-state index in [1.54, 1.807) is 0 Å². The largest absolute Gasteiger partial charge is 0.455 e. The molecule has 0 aliphatic carbocycles. The summed E-state index contributed by atoms with van der Waals surface area (Å²) in [6.07, 6.45) is 3.77. The van der Waals surface area contributed by atoms with Crippen molar-refractivity contribution in [1.82, 2.24) is 9.55 Å². The number of aromatic nitrogens is 2. The number of hydrogen-bond acceptors (Lipinski definition) is 3. The highest BCUT2D eigenvalue weighted by molar-refractivity contribution is 7.27. The molecule has 0 spiro atoms. The Balaban J connectivity index is 1.80. The first-order valence-electron chi connectivity index (χ1n) is 11.0. The molecule has 0 aliphatic rings. The van der Waals surface area contributed by atoms with Crippen LogP contribution in [0, 0.1) is 0 Å². The van der Waals surface area contributed by atoms with Crippen LogP contribution in [-0.4, -0.2) is 9.55 Å². The zero-order valence-corrected chi connectivity index (χ0v) is 18.3. The highest BCUT2D eigenvalue weighted by Gasteiger charge is 2.24. The van der Waals surface area contributed by atoms with Crippen LogP contribution in [0.4, 0.5) is 0 Å². The van der Waals surface area contributed by atoms with Gasteiger partial charge in [-0.25, -0.2) is 0 Å². The summed E-state index contributed by atoms with van der Waals surface area (Å²) in [5.74, 6) is 0. The highest BCUT2D eigenvalue weighted by Crippen LogP contribution is 2.50. The van der Waals surface area contributed by atoms with Crippen LogP contribution in [0.2, 0.25) is 0 Å². The predicted molar refractivity (Wildman–Crippen MR) is 139 cm³/mol. The van der Waals surface area contributed by atoms with E-state index in [0.717, 1.165) is 22.2 Å². The molecule has 3 nitrogen and oxygen atoms in total. The second-order valence-electron chi connectivity index (χ2n) is 8.39. The number of hydrogen-bond donors (Lipinski definition) is 0. The van der Waals surface area contributed by atoms with E-state index in [0.29, 0.717) is 0 Å². The lowest BCUT2D eigenvalue weighted by Gasteiger charge is -2.08. The lowest BCUT2D eigenvalue weighted by Crippen LogP contribution is -1.94.